The maximum atomic E-state index is 12.4. The number of amides is 2. The predicted octanol–water partition coefficient (Wildman–Crippen LogP) is 4.32. The van der Waals surface area contributed by atoms with Crippen LogP contribution in [0.15, 0.2) is 54.6 Å². The Kier molecular flexibility index (Phi) is 6.52. The molecule has 0 atom stereocenters. The first-order chi connectivity index (χ1) is 15.1. The molecule has 31 heavy (non-hydrogen) atoms. The molecule has 0 spiro atoms. The Bertz CT molecular complexity index is 1060. The number of anilines is 1. The highest BCUT2D eigenvalue weighted by Gasteiger charge is 2.25. The van der Waals surface area contributed by atoms with Crippen LogP contribution in [0.5, 0.6) is 11.5 Å². The van der Waals surface area contributed by atoms with E-state index in [1.165, 1.54) is 11.3 Å². The van der Waals surface area contributed by atoms with Crippen LogP contribution in [0.2, 0.25) is 0 Å². The molecule has 0 bridgehead atoms. The van der Waals surface area contributed by atoms with Gasteiger partial charge in [0.25, 0.3) is 11.8 Å². The lowest BCUT2D eigenvalue weighted by atomic mass is 9.95. The minimum absolute atomic E-state index is 0.162. The first kappa shape index (κ1) is 20.9. The number of thiophene rings is 1. The summed E-state index contributed by atoms with van der Waals surface area (Å²) in [5.74, 6) is 0.450. The number of aryl methyl sites for hydroxylation is 1. The van der Waals surface area contributed by atoms with E-state index in [0.29, 0.717) is 22.9 Å². The van der Waals surface area contributed by atoms with E-state index >= 15 is 0 Å². The highest BCUT2D eigenvalue weighted by molar-refractivity contribution is 7.17. The van der Waals surface area contributed by atoms with Gasteiger partial charge in [-0.05, 0) is 61.1 Å². The quantitative estimate of drug-likeness (QED) is 0.550. The van der Waals surface area contributed by atoms with Crippen LogP contribution in [-0.2, 0) is 24.2 Å². The Morgan fingerprint density at radius 2 is 1.61 bits per heavy atom. The molecule has 2 amide bonds. The van der Waals surface area contributed by atoms with Crippen LogP contribution < -0.4 is 20.5 Å². The van der Waals surface area contributed by atoms with E-state index in [1.807, 2.05) is 30.3 Å². The van der Waals surface area contributed by atoms with Crippen LogP contribution in [0, 0.1) is 0 Å². The number of carbonyl (C=O) groups excluding carboxylic acids is 2. The van der Waals surface area contributed by atoms with Crippen molar-refractivity contribution in [2.45, 2.75) is 32.3 Å². The molecule has 1 aromatic heterocycles. The predicted molar refractivity (Wildman–Crippen MR) is 121 cm³/mol. The Hall–Kier alpha value is -3.32. The fourth-order valence-electron chi connectivity index (χ4n) is 3.60. The van der Waals surface area contributed by atoms with E-state index in [1.54, 1.807) is 24.3 Å². The molecule has 2 aromatic carbocycles. The number of nitrogens with two attached hydrogens (primary N) is 1. The van der Waals surface area contributed by atoms with Crippen molar-refractivity contribution >= 4 is 28.2 Å². The number of ether oxygens (including phenoxy) is 2. The summed E-state index contributed by atoms with van der Waals surface area (Å²) in [6.45, 7) is 0.321. The molecule has 0 aliphatic heterocycles. The van der Waals surface area contributed by atoms with Gasteiger partial charge >= 0.3 is 0 Å². The van der Waals surface area contributed by atoms with Crippen LogP contribution in [0.4, 0.5) is 5.00 Å². The zero-order valence-corrected chi connectivity index (χ0v) is 17.9. The van der Waals surface area contributed by atoms with E-state index < -0.39 is 5.91 Å². The summed E-state index contributed by atoms with van der Waals surface area (Å²) in [5.41, 5.74) is 8.10. The van der Waals surface area contributed by atoms with Gasteiger partial charge in [0.2, 0.25) is 0 Å². The van der Waals surface area contributed by atoms with Gasteiger partial charge in [0.15, 0.2) is 6.61 Å². The molecule has 7 heteroatoms. The highest BCUT2D eigenvalue weighted by atomic mass is 32.1. The van der Waals surface area contributed by atoms with E-state index in [-0.39, 0.29) is 12.5 Å². The monoisotopic (exact) mass is 436 g/mol. The second-order valence-corrected chi connectivity index (χ2v) is 8.47. The Morgan fingerprint density at radius 1 is 0.935 bits per heavy atom. The molecule has 1 aliphatic carbocycles. The number of hydrogen-bond acceptors (Lipinski definition) is 5. The number of fused-ring (bicyclic) bond motifs is 1. The van der Waals surface area contributed by atoms with Crippen LogP contribution in [0.1, 0.15) is 39.2 Å². The summed E-state index contributed by atoms with van der Waals surface area (Å²) in [6, 6.07) is 17.0. The molecule has 0 unspecified atom stereocenters. The minimum atomic E-state index is -0.498. The van der Waals surface area contributed by atoms with E-state index in [4.69, 9.17) is 15.2 Å². The fourth-order valence-corrected chi connectivity index (χ4v) is 4.91. The van der Waals surface area contributed by atoms with Gasteiger partial charge in [-0.1, -0.05) is 30.3 Å². The number of primary amides is 1. The highest BCUT2D eigenvalue weighted by Crippen LogP contribution is 2.37. The third kappa shape index (κ3) is 5.24. The van der Waals surface area contributed by atoms with Gasteiger partial charge in [0, 0.05) is 4.88 Å². The molecular formula is C24H24N2O4S. The van der Waals surface area contributed by atoms with Crippen molar-refractivity contribution < 1.29 is 19.1 Å². The largest absolute Gasteiger partial charge is 0.489 e. The fraction of sp³-hybridized carbons (Fsp3) is 0.250. The standard InChI is InChI=1S/C24H24N2O4S/c25-23(28)22-19-8-4-5-9-20(19)31-24(22)26-21(27)15-30-18-12-10-17(11-13-18)29-14-16-6-2-1-3-7-16/h1-3,6-7,10-13H,4-5,8-9,14-15H2,(H2,25,28)(H,26,27). The van der Waals surface area contributed by atoms with Gasteiger partial charge in [-0.2, -0.15) is 0 Å². The van der Waals surface area contributed by atoms with Crippen molar-refractivity contribution in [3.63, 3.8) is 0 Å². The Morgan fingerprint density at radius 3 is 2.32 bits per heavy atom. The Balaban J connectivity index is 1.31. The Labute approximate surface area is 185 Å². The summed E-state index contributed by atoms with van der Waals surface area (Å²) >= 11 is 1.44. The van der Waals surface area contributed by atoms with Crippen LogP contribution in [-0.4, -0.2) is 18.4 Å². The van der Waals surface area contributed by atoms with Gasteiger partial charge in [-0.3, -0.25) is 9.59 Å². The molecule has 0 fully saturated rings. The van der Waals surface area contributed by atoms with Crippen LogP contribution >= 0.6 is 11.3 Å². The van der Waals surface area contributed by atoms with Crippen molar-refractivity contribution in [2.24, 2.45) is 5.73 Å². The molecule has 0 saturated heterocycles. The lowest BCUT2D eigenvalue weighted by molar-refractivity contribution is -0.118. The molecule has 1 aliphatic rings. The van der Waals surface area contributed by atoms with Crippen molar-refractivity contribution in [2.75, 3.05) is 11.9 Å². The summed E-state index contributed by atoms with van der Waals surface area (Å²) in [6.07, 6.45) is 3.87. The van der Waals surface area contributed by atoms with Gasteiger partial charge < -0.3 is 20.5 Å². The maximum Gasteiger partial charge on any atom is 0.262 e. The second-order valence-electron chi connectivity index (χ2n) is 7.36. The third-order valence-electron chi connectivity index (χ3n) is 5.11. The third-order valence-corrected chi connectivity index (χ3v) is 6.32. The molecule has 160 valence electrons. The van der Waals surface area contributed by atoms with Crippen molar-refractivity contribution in [3.05, 3.63) is 76.2 Å². The van der Waals surface area contributed by atoms with E-state index in [2.05, 4.69) is 5.32 Å². The van der Waals surface area contributed by atoms with Crippen molar-refractivity contribution in [1.82, 2.24) is 0 Å². The summed E-state index contributed by atoms with van der Waals surface area (Å²) < 4.78 is 11.3. The van der Waals surface area contributed by atoms with Crippen LogP contribution in [0.25, 0.3) is 0 Å². The van der Waals surface area contributed by atoms with Gasteiger partial charge in [-0.25, -0.2) is 0 Å². The van der Waals surface area contributed by atoms with Gasteiger partial charge in [0.05, 0.1) is 5.56 Å². The van der Waals surface area contributed by atoms with Crippen molar-refractivity contribution in [1.29, 1.82) is 0 Å². The average molecular weight is 437 g/mol. The lowest BCUT2D eigenvalue weighted by Gasteiger charge is -2.11. The zero-order chi connectivity index (χ0) is 21.6. The number of nitrogens with one attached hydrogen (secondary N) is 1. The summed E-state index contributed by atoms with van der Waals surface area (Å²) in [5, 5.41) is 3.32. The van der Waals surface area contributed by atoms with E-state index in [9.17, 15) is 9.59 Å². The number of benzene rings is 2. The molecule has 4 rings (SSSR count). The molecule has 6 nitrogen and oxygen atoms in total. The SMILES string of the molecule is NC(=O)c1c(NC(=O)COc2ccc(OCc3ccccc3)cc2)sc2c1CCCC2. The summed E-state index contributed by atoms with van der Waals surface area (Å²) in [4.78, 5) is 25.5. The molecule has 3 aromatic rings. The molecule has 3 N–H and O–H groups in total. The number of rotatable bonds is 8. The molecular weight excluding hydrogens is 412 g/mol. The summed E-state index contributed by atoms with van der Waals surface area (Å²) in [7, 11) is 0. The topological polar surface area (TPSA) is 90.7 Å². The first-order valence-electron chi connectivity index (χ1n) is 10.2. The number of carbonyl (C=O) groups is 2. The van der Waals surface area contributed by atoms with Gasteiger partial charge in [-0.15, -0.1) is 11.3 Å². The number of hydrogen-bond donors (Lipinski definition) is 2. The minimum Gasteiger partial charge on any atom is -0.489 e. The second kappa shape index (κ2) is 9.66. The zero-order valence-electron chi connectivity index (χ0n) is 17.1. The molecule has 0 radical (unpaired) electrons. The molecule has 1 heterocycles. The van der Waals surface area contributed by atoms with Gasteiger partial charge in [0.1, 0.15) is 23.1 Å². The lowest BCUT2D eigenvalue weighted by Crippen LogP contribution is -2.22. The molecule has 0 saturated carbocycles. The average Bonchev–Trinajstić information content (AvgIpc) is 3.15. The van der Waals surface area contributed by atoms with Crippen molar-refractivity contribution in [3.8, 4) is 11.5 Å². The smallest absolute Gasteiger partial charge is 0.262 e. The maximum absolute atomic E-state index is 12.4. The normalized spacial score (nSPS) is 12.6. The first-order valence-corrected chi connectivity index (χ1v) is 11.1. The van der Waals surface area contributed by atoms with Crippen LogP contribution in [0.3, 0.4) is 0 Å². The van der Waals surface area contributed by atoms with E-state index in [0.717, 1.165) is 47.4 Å².